The van der Waals surface area contributed by atoms with Gasteiger partial charge in [0.2, 0.25) is 0 Å². The largest absolute Gasteiger partial charge is 0.481 e. The molecule has 1 N–H and O–H groups in total. The zero-order valence-corrected chi connectivity index (χ0v) is 20.4. The van der Waals surface area contributed by atoms with Crippen LogP contribution in [0.15, 0.2) is 12.2 Å². The number of rotatable bonds is 18. The minimum absolute atomic E-state index is 0.0963. The molecule has 4 nitrogen and oxygen atoms in total. The van der Waals surface area contributed by atoms with Gasteiger partial charge >= 0.3 is 11.9 Å². The number of hydrogen-bond acceptors (Lipinski definition) is 3. The Bertz CT molecular complexity index is 513. The molecule has 1 rings (SSSR count). The van der Waals surface area contributed by atoms with Crippen molar-refractivity contribution in [2.45, 2.75) is 130 Å². The molecule has 31 heavy (non-hydrogen) atoms. The Morgan fingerprint density at radius 3 is 1.81 bits per heavy atom. The van der Waals surface area contributed by atoms with Gasteiger partial charge in [0.25, 0.3) is 0 Å². The van der Waals surface area contributed by atoms with Gasteiger partial charge in [-0.1, -0.05) is 110 Å². The van der Waals surface area contributed by atoms with Crippen LogP contribution < -0.4 is 0 Å². The van der Waals surface area contributed by atoms with Crippen molar-refractivity contribution < 1.29 is 19.4 Å². The predicted octanol–water partition coefficient (Wildman–Crippen LogP) is 7.70. The lowest BCUT2D eigenvalue weighted by molar-refractivity contribution is -0.164. The summed E-state index contributed by atoms with van der Waals surface area (Å²) >= 11 is 0. The van der Waals surface area contributed by atoms with E-state index in [2.05, 4.69) is 20.8 Å². The third kappa shape index (κ3) is 11.8. The van der Waals surface area contributed by atoms with Crippen molar-refractivity contribution in [3.05, 3.63) is 12.2 Å². The van der Waals surface area contributed by atoms with Gasteiger partial charge in [-0.15, -0.1) is 0 Å². The van der Waals surface area contributed by atoms with Gasteiger partial charge in [0.15, 0.2) is 0 Å². The van der Waals surface area contributed by atoms with Crippen molar-refractivity contribution >= 4 is 11.9 Å². The highest BCUT2D eigenvalue weighted by Crippen LogP contribution is 2.29. The minimum atomic E-state index is -0.896. The first-order chi connectivity index (χ1) is 15.0. The van der Waals surface area contributed by atoms with E-state index in [1.165, 1.54) is 70.6 Å². The summed E-state index contributed by atoms with van der Waals surface area (Å²) in [7, 11) is 0. The molecule has 4 unspecified atom stereocenters. The Labute approximate surface area is 191 Å². The fraction of sp³-hybridized carbons (Fsp3) is 0.852. The number of hydrogen-bond donors (Lipinski definition) is 1. The molecule has 0 saturated heterocycles. The number of carboxylic acid groups (broad SMARTS) is 1. The van der Waals surface area contributed by atoms with Gasteiger partial charge in [-0.2, -0.15) is 0 Å². The lowest BCUT2D eigenvalue weighted by Crippen LogP contribution is -2.36. The van der Waals surface area contributed by atoms with Gasteiger partial charge in [-0.3, -0.25) is 9.59 Å². The van der Waals surface area contributed by atoms with Crippen molar-refractivity contribution in [2.75, 3.05) is 0 Å². The molecule has 0 fully saturated rings. The lowest BCUT2D eigenvalue weighted by atomic mass is 9.83. The molecule has 0 bridgehead atoms. The third-order valence-electron chi connectivity index (χ3n) is 6.94. The van der Waals surface area contributed by atoms with Crippen molar-refractivity contribution in [2.24, 2.45) is 17.8 Å². The first-order valence-electron chi connectivity index (χ1n) is 13.1. The summed E-state index contributed by atoms with van der Waals surface area (Å²) in [5.74, 6) is -2.11. The highest BCUT2D eigenvalue weighted by Gasteiger charge is 2.36. The van der Waals surface area contributed by atoms with E-state index in [1.807, 2.05) is 12.2 Å². The summed E-state index contributed by atoms with van der Waals surface area (Å²) < 4.78 is 5.89. The number of carbonyl (C=O) groups excluding carboxylic acids is 1. The number of ether oxygens (including phenoxy) is 1. The van der Waals surface area contributed by atoms with E-state index in [9.17, 15) is 14.7 Å². The maximum absolute atomic E-state index is 12.7. The molecule has 0 aromatic heterocycles. The van der Waals surface area contributed by atoms with E-state index < -0.39 is 17.8 Å². The Morgan fingerprint density at radius 1 is 0.839 bits per heavy atom. The topological polar surface area (TPSA) is 63.6 Å². The number of unbranched alkanes of at least 4 members (excludes halogenated alkanes) is 11. The van der Waals surface area contributed by atoms with Crippen LogP contribution in [-0.4, -0.2) is 23.1 Å². The van der Waals surface area contributed by atoms with E-state index in [-0.39, 0.29) is 12.1 Å². The van der Waals surface area contributed by atoms with Gasteiger partial charge in [-0.05, 0) is 31.6 Å². The first kappa shape index (κ1) is 27.7. The third-order valence-corrected chi connectivity index (χ3v) is 6.94. The summed E-state index contributed by atoms with van der Waals surface area (Å²) in [6.45, 7) is 6.52. The molecule has 0 aromatic carbocycles. The first-order valence-corrected chi connectivity index (χ1v) is 13.1. The molecular weight excluding hydrogens is 388 g/mol. The van der Waals surface area contributed by atoms with Crippen LogP contribution in [0.2, 0.25) is 0 Å². The molecule has 1 aliphatic carbocycles. The molecule has 0 heterocycles. The molecule has 4 heteroatoms. The van der Waals surface area contributed by atoms with E-state index in [0.717, 1.165) is 19.3 Å². The zero-order chi connectivity index (χ0) is 22.9. The monoisotopic (exact) mass is 436 g/mol. The molecule has 1 aliphatic rings. The smallest absolute Gasteiger partial charge is 0.310 e. The summed E-state index contributed by atoms with van der Waals surface area (Å²) in [5.41, 5.74) is 0. The molecule has 0 radical (unpaired) electrons. The molecule has 0 aromatic rings. The van der Waals surface area contributed by atoms with Crippen LogP contribution >= 0.6 is 0 Å². The van der Waals surface area contributed by atoms with E-state index >= 15 is 0 Å². The lowest BCUT2D eigenvalue weighted by Gasteiger charge is -2.28. The number of carbonyl (C=O) groups is 2. The predicted molar refractivity (Wildman–Crippen MR) is 128 cm³/mol. The van der Waals surface area contributed by atoms with E-state index in [4.69, 9.17) is 4.74 Å². The van der Waals surface area contributed by atoms with Gasteiger partial charge in [0.1, 0.15) is 6.10 Å². The van der Waals surface area contributed by atoms with Crippen molar-refractivity contribution in [3.8, 4) is 0 Å². The quantitative estimate of drug-likeness (QED) is 0.136. The number of allylic oxidation sites excluding steroid dienone is 2. The van der Waals surface area contributed by atoms with Crippen LogP contribution in [0.4, 0.5) is 0 Å². The van der Waals surface area contributed by atoms with Crippen LogP contribution in [0.25, 0.3) is 0 Å². The van der Waals surface area contributed by atoms with E-state index in [0.29, 0.717) is 18.8 Å². The van der Waals surface area contributed by atoms with Crippen LogP contribution in [0.3, 0.4) is 0 Å². The normalized spacial score (nSPS) is 20.4. The number of aliphatic carboxylic acids is 1. The average Bonchev–Trinajstić information content (AvgIpc) is 2.78. The second-order valence-corrected chi connectivity index (χ2v) is 9.53. The van der Waals surface area contributed by atoms with Crippen LogP contribution in [0.1, 0.15) is 124 Å². The van der Waals surface area contributed by atoms with Crippen molar-refractivity contribution in [3.63, 3.8) is 0 Å². The Balaban J connectivity index is 2.25. The highest BCUT2D eigenvalue weighted by molar-refractivity contribution is 5.81. The molecule has 0 spiro atoms. The fourth-order valence-electron chi connectivity index (χ4n) is 4.49. The fourth-order valence-corrected chi connectivity index (χ4v) is 4.49. The van der Waals surface area contributed by atoms with Gasteiger partial charge in [0.05, 0.1) is 11.8 Å². The van der Waals surface area contributed by atoms with Gasteiger partial charge in [-0.25, -0.2) is 0 Å². The van der Waals surface area contributed by atoms with Crippen LogP contribution in [0.5, 0.6) is 0 Å². The maximum Gasteiger partial charge on any atom is 0.310 e. The SMILES string of the molecule is CCCCCCCCCCCCCCC(OC(=O)C1CC=CCC1C(=O)O)C(C)CC. The van der Waals surface area contributed by atoms with Crippen LogP contribution in [-0.2, 0) is 14.3 Å². The van der Waals surface area contributed by atoms with Crippen molar-refractivity contribution in [1.29, 1.82) is 0 Å². The zero-order valence-electron chi connectivity index (χ0n) is 20.4. The van der Waals surface area contributed by atoms with Gasteiger partial charge in [0, 0.05) is 0 Å². The molecule has 0 aliphatic heterocycles. The molecule has 4 atom stereocenters. The molecule has 0 saturated carbocycles. The number of esters is 1. The second-order valence-electron chi connectivity index (χ2n) is 9.53. The minimum Gasteiger partial charge on any atom is -0.481 e. The molecule has 0 amide bonds. The summed E-state index contributed by atoms with van der Waals surface area (Å²) in [5, 5.41) is 9.43. The van der Waals surface area contributed by atoms with Crippen molar-refractivity contribution in [1.82, 2.24) is 0 Å². The second kappa shape index (κ2) is 17.3. The maximum atomic E-state index is 12.7. The Morgan fingerprint density at radius 2 is 1.32 bits per heavy atom. The Kier molecular flexibility index (Phi) is 15.4. The molecular formula is C27H48O4. The van der Waals surface area contributed by atoms with E-state index in [1.54, 1.807) is 0 Å². The highest BCUT2D eigenvalue weighted by atomic mass is 16.5. The summed E-state index contributed by atoms with van der Waals surface area (Å²) in [6.07, 6.45) is 22.2. The average molecular weight is 437 g/mol. The van der Waals surface area contributed by atoms with Crippen LogP contribution in [0, 0.1) is 17.8 Å². The summed E-state index contributed by atoms with van der Waals surface area (Å²) in [4.78, 5) is 24.2. The Hall–Kier alpha value is -1.32. The number of carboxylic acids is 1. The summed E-state index contributed by atoms with van der Waals surface area (Å²) in [6, 6.07) is 0. The standard InChI is InChI=1S/C27H48O4/c1-4-6-7-8-9-10-11-12-13-14-15-16-21-25(22(3)5-2)31-27(30)24-20-18-17-19-23(24)26(28)29/h17-18,22-25H,4-16,19-21H2,1-3H3,(H,28,29). The molecule has 180 valence electrons. The van der Waals surface area contributed by atoms with Gasteiger partial charge < -0.3 is 9.84 Å².